The highest BCUT2D eigenvalue weighted by Crippen LogP contribution is 2.35. The number of esters is 1. The Morgan fingerprint density at radius 1 is 1.67 bits per heavy atom. The number of hydrogen-bond donors (Lipinski definition) is 1. The Kier molecular flexibility index (Phi) is 6.07. The second-order valence-electron chi connectivity index (χ2n) is 4.25. The van der Waals surface area contributed by atoms with Crippen LogP contribution in [-0.2, 0) is 14.2 Å². The molecule has 1 aliphatic rings. The maximum Gasteiger partial charge on any atom is 0.344 e. The Morgan fingerprint density at radius 2 is 2.44 bits per heavy atom. The van der Waals surface area contributed by atoms with Gasteiger partial charge in [0.15, 0.2) is 0 Å². The third kappa shape index (κ3) is 3.96. The van der Waals surface area contributed by atoms with Crippen LogP contribution in [0.15, 0.2) is 5.11 Å². The van der Waals surface area contributed by atoms with Crippen molar-refractivity contribution in [3.05, 3.63) is 10.4 Å². The number of azide groups is 1. The number of nitrogens with one attached hydrogen (secondary N) is 1. The van der Waals surface area contributed by atoms with Crippen LogP contribution in [0.1, 0.15) is 26.2 Å². The molecule has 7 nitrogen and oxygen atoms in total. The van der Waals surface area contributed by atoms with Gasteiger partial charge in [-0.15, -0.1) is 0 Å². The molecule has 18 heavy (non-hydrogen) atoms. The number of nitrogens with zero attached hydrogens (tertiary/aromatic N) is 3. The predicted octanol–water partition coefficient (Wildman–Crippen LogP) is 1.79. The summed E-state index contributed by atoms with van der Waals surface area (Å²) in [4.78, 5) is 14.5. The lowest BCUT2D eigenvalue weighted by Gasteiger charge is -2.31. The molecule has 3 atom stereocenters. The molecule has 1 rings (SSSR count). The molecular weight excluding hydrogens is 235 g/mol. The fourth-order valence-corrected chi connectivity index (χ4v) is 2.29. The summed E-state index contributed by atoms with van der Waals surface area (Å²) in [7, 11) is 0.295. The fraction of sp³-hybridized carbons (Fsp3) is 0.800. The molecule has 0 bridgehead atoms. The SMILES string of the molecule is CCOC(=O)[C@H]1CC[C@@H](N=[N+]=[N-])[C@H](BOC=N)C1. The number of ether oxygens (including phenoxy) is 1. The third-order valence-electron chi connectivity index (χ3n) is 3.16. The number of carbonyl (C=O) groups excluding carboxylic acids is 1. The second kappa shape index (κ2) is 7.60. The summed E-state index contributed by atoms with van der Waals surface area (Å²) < 4.78 is 9.95. The lowest BCUT2D eigenvalue weighted by molar-refractivity contribution is -0.149. The van der Waals surface area contributed by atoms with Crippen LogP contribution in [0.3, 0.4) is 0 Å². The molecule has 1 fully saturated rings. The Hall–Kier alpha value is -1.69. The molecule has 0 aromatic heterocycles. The largest absolute Gasteiger partial charge is 0.557 e. The predicted molar refractivity (Wildman–Crippen MR) is 67.7 cm³/mol. The molecule has 1 N–H and O–H groups in total. The maximum absolute atomic E-state index is 11.7. The summed E-state index contributed by atoms with van der Waals surface area (Å²) in [5, 5.41) is 10.6. The second-order valence-corrected chi connectivity index (χ2v) is 4.25. The van der Waals surface area contributed by atoms with E-state index in [1.54, 1.807) is 6.92 Å². The van der Waals surface area contributed by atoms with Crippen molar-refractivity contribution < 1.29 is 14.2 Å². The van der Waals surface area contributed by atoms with Crippen molar-refractivity contribution in [2.24, 2.45) is 11.0 Å². The Morgan fingerprint density at radius 3 is 3.06 bits per heavy atom. The van der Waals surface area contributed by atoms with E-state index in [1.807, 2.05) is 0 Å². The zero-order chi connectivity index (χ0) is 13.4. The molecule has 0 spiro atoms. The van der Waals surface area contributed by atoms with Crippen molar-refractivity contribution in [3.8, 4) is 0 Å². The highest BCUT2D eigenvalue weighted by atomic mass is 16.5. The van der Waals surface area contributed by atoms with Crippen molar-refractivity contribution in [1.82, 2.24) is 0 Å². The van der Waals surface area contributed by atoms with Gasteiger partial charge in [-0.3, -0.25) is 10.2 Å². The van der Waals surface area contributed by atoms with Crippen LogP contribution in [0.5, 0.6) is 0 Å². The van der Waals surface area contributed by atoms with Gasteiger partial charge in [0.2, 0.25) is 0 Å². The van der Waals surface area contributed by atoms with Crippen LogP contribution in [0.4, 0.5) is 0 Å². The summed E-state index contributed by atoms with van der Waals surface area (Å²) in [6.07, 6.45) is 2.76. The molecular formula is C10H17BN4O3. The van der Waals surface area contributed by atoms with E-state index in [1.165, 1.54) is 0 Å². The molecule has 0 amide bonds. The average molecular weight is 252 g/mol. The van der Waals surface area contributed by atoms with E-state index < -0.39 is 0 Å². The van der Waals surface area contributed by atoms with Gasteiger partial charge in [-0.2, -0.15) is 0 Å². The first kappa shape index (κ1) is 14.4. The van der Waals surface area contributed by atoms with E-state index in [4.69, 9.17) is 20.3 Å². The van der Waals surface area contributed by atoms with Crippen LogP contribution in [0, 0.1) is 11.3 Å². The number of carbonyl (C=O) groups is 1. The van der Waals surface area contributed by atoms with Gasteiger partial charge in [0.25, 0.3) is 0 Å². The van der Waals surface area contributed by atoms with Crippen LogP contribution < -0.4 is 0 Å². The normalized spacial score (nSPS) is 26.6. The average Bonchev–Trinajstić information content (AvgIpc) is 2.38. The van der Waals surface area contributed by atoms with E-state index >= 15 is 0 Å². The van der Waals surface area contributed by atoms with Crippen molar-refractivity contribution in [2.45, 2.75) is 38.0 Å². The number of hydrogen-bond acceptors (Lipinski definition) is 5. The minimum Gasteiger partial charge on any atom is -0.557 e. The maximum atomic E-state index is 11.7. The van der Waals surface area contributed by atoms with Gasteiger partial charge in [0.05, 0.1) is 12.5 Å². The minimum atomic E-state index is -0.197. The van der Waals surface area contributed by atoms with Crippen molar-refractivity contribution in [3.63, 3.8) is 0 Å². The summed E-state index contributed by atoms with van der Waals surface area (Å²) in [6, 6.07) is -0.166. The first-order chi connectivity index (χ1) is 8.72. The summed E-state index contributed by atoms with van der Waals surface area (Å²) in [5.41, 5.74) is 8.50. The van der Waals surface area contributed by atoms with Crippen molar-refractivity contribution >= 4 is 19.9 Å². The van der Waals surface area contributed by atoms with Crippen molar-refractivity contribution in [1.29, 1.82) is 5.41 Å². The molecule has 98 valence electrons. The molecule has 0 aliphatic heterocycles. The third-order valence-corrected chi connectivity index (χ3v) is 3.16. The van der Waals surface area contributed by atoms with Crippen molar-refractivity contribution in [2.75, 3.05) is 6.61 Å². The highest BCUT2D eigenvalue weighted by Gasteiger charge is 2.35. The summed E-state index contributed by atoms with van der Waals surface area (Å²) in [5.74, 6) is -0.392. The van der Waals surface area contributed by atoms with E-state index in [-0.39, 0.29) is 23.7 Å². The zero-order valence-corrected chi connectivity index (χ0v) is 10.4. The quantitative estimate of drug-likeness (QED) is 0.148. The summed E-state index contributed by atoms with van der Waals surface area (Å²) >= 11 is 0. The summed E-state index contributed by atoms with van der Waals surface area (Å²) in [6.45, 7) is 2.15. The molecule has 0 saturated heterocycles. The van der Waals surface area contributed by atoms with Gasteiger partial charge in [0.1, 0.15) is 6.40 Å². The zero-order valence-electron chi connectivity index (χ0n) is 10.4. The minimum absolute atomic E-state index is 0.0364. The van der Waals surface area contributed by atoms with Gasteiger partial charge in [0, 0.05) is 11.0 Å². The standard InChI is InChI=1S/C10H17BN4O3/c1-2-17-10(16)7-3-4-9(14-15-13)8(5-7)11-18-6-12/h6-9,11-12H,2-5H2,1H3/t7-,8+,9+/m0/s1. The molecule has 0 aromatic carbocycles. The van der Waals surface area contributed by atoms with Gasteiger partial charge in [-0.25, -0.2) is 0 Å². The van der Waals surface area contributed by atoms with Gasteiger partial charge in [-0.1, -0.05) is 5.11 Å². The van der Waals surface area contributed by atoms with Gasteiger partial charge in [-0.05, 0) is 37.5 Å². The lowest BCUT2D eigenvalue weighted by Crippen LogP contribution is -2.32. The first-order valence-electron chi connectivity index (χ1n) is 6.04. The topological polar surface area (TPSA) is 108 Å². The van der Waals surface area contributed by atoms with Gasteiger partial charge >= 0.3 is 13.5 Å². The molecule has 1 aliphatic carbocycles. The first-order valence-corrected chi connectivity index (χ1v) is 6.04. The van der Waals surface area contributed by atoms with E-state index in [9.17, 15) is 4.79 Å². The highest BCUT2D eigenvalue weighted by molar-refractivity contribution is 6.32. The molecule has 0 radical (unpaired) electrons. The van der Waals surface area contributed by atoms with Gasteiger partial charge < -0.3 is 9.39 Å². The number of rotatable bonds is 6. The lowest BCUT2D eigenvalue weighted by atomic mass is 9.64. The van der Waals surface area contributed by atoms with E-state index in [0.717, 1.165) is 6.40 Å². The van der Waals surface area contributed by atoms with E-state index in [2.05, 4.69) is 10.0 Å². The fourth-order valence-electron chi connectivity index (χ4n) is 2.29. The molecule has 8 heteroatoms. The van der Waals surface area contributed by atoms with Crippen LogP contribution >= 0.6 is 0 Å². The smallest absolute Gasteiger partial charge is 0.344 e. The van der Waals surface area contributed by atoms with Crippen LogP contribution in [-0.4, -0.2) is 32.5 Å². The molecule has 0 aromatic rings. The molecule has 1 saturated carbocycles. The Labute approximate surface area is 106 Å². The molecule has 0 heterocycles. The monoisotopic (exact) mass is 252 g/mol. The van der Waals surface area contributed by atoms with E-state index in [0.29, 0.717) is 33.4 Å². The Balaban J connectivity index is 2.62. The molecule has 0 unspecified atom stereocenters. The Bertz CT molecular complexity index is 346. The van der Waals surface area contributed by atoms with Crippen LogP contribution in [0.2, 0.25) is 5.82 Å². The van der Waals surface area contributed by atoms with Crippen LogP contribution in [0.25, 0.3) is 10.4 Å².